The molecule has 2 rings (SSSR count). The maximum atomic E-state index is 12.4. The van der Waals surface area contributed by atoms with Crippen LogP contribution >= 0.6 is 0 Å². The Morgan fingerprint density at radius 1 is 1.18 bits per heavy atom. The summed E-state index contributed by atoms with van der Waals surface area (Å²) in [7, 11) is 0. The standard InChI is InChI=1S/C13H16F3N/c1-12(2)7-10(8-17-12)9-3-5-11(6-4-9)13(14,15)16/h3-6,10,17H,7-8H2,1-2H3. The summed E-state index contributed by atoms with van der Waals surface area (Å²) in [5.41, 5.74) is 0.482. The van der Waals surface area contributed by atoms with E-state index in [1.54, 1.807) is 12.1 Å². The lowest BCUT2D eigenvalue weighted by Crippen LogP contribution is -2.31. The molecule has 1 unspecified atom stereocenters. The lowest BCUT2D eigenvalue weighted by atomic mass is 9.91. The van der Waals surface area contributed by atoms with Crippen molar-refractivity contribution < 1.29 is 13.2 Å². The van der Waals surface area contributed by atoms with Gasteiger partial charge in [-0.25, -0.2) is 0 Å². The molecule has 1 fully saturated rings. The topological polar surface area (TPSA) is 12.0 Å². The molecule has 0 aliphatic carbocycles. The van der Waals surface area contributed by atoms with Crippen LogP contribution in [0.15, 0.2) is 24.3 Å². The summed E-state index contributed by atoms with van der Waals surface area (Å²) >= 11 is 0. The molecular formula is C13H16F3N. The zero-order valence-corrected chi connectivity index (χ0v) is 9.93. The Bertz CT molecular complexity index is 392. The number of benzene rings is 1. The van der Waals surface area contributed by atoms with Crippen LogP contribution in [0.1, 0.15) is 37.3 Å². The second-order valence-electron chi connectivity index (χ2n) is 5.29. The summed E-state index contributed by atoms with van der Waals surface area (Å²) in [6, 6.07) is 5.52. The Labute approximate surface area is 99.0 Å². The number of alkyl halides is 3. The Balaban J connectivity index is 2.14. The van der Waals surface area contributed by atoms with Crippen molar-refractivity contribution in [1.82, 2.24) is 5.32 Å². The average Bonchev–Trinajstić information content (AvgIpc) is 2.58. The van der Waals surface area contributed by atoms with Gasteiger partial charge in [0.2, 0.25) is 0 Å². The summed E-state index contributed by atoms with van der Waals surface area (Å²) in [5.74, 6) is 0.312. The first-order valence-electron chi connectivity index (χ1n) is 5.70. The van der Waals surface area contributed by atoms with E-state index < -0.39 is 11.7 Å². The zero-order valence-electron chi connectivity index (χ0n) is 9.93. The van der Waals surface area contributed by atoms with Gasteiger partial charge < -0.3 is 5.32 Å². The molecule has 0 saturated carbocycles. The third-order valence-corrected chi connectivity index (χ3v) is 3.29. The van der Waals surface area contributed by atoms with Crippen LogP contribution in [0.25, 0.3) is 0 Å². The maximum absolute atomic E-state index is 12.4. The van der Waals surface area contributed by atoms with E-state index in [1.807, 2.05) is 0 Å². The number of nitrogens with one attached hydrogen (secondary N) is 1. The summed E-state index contributed by atoms with van der Waals surface area (Å²) < 4.78 is 37.2. The number of rotatable bonds is 1. The lowest BCUT2D eigenvalue weighted by molar-refractivity contribution is -0.137. The van der Waals surface area contributed by atoms with Gasteiger partial charge in [0.15, 0.2) is 0 Å². The highest BCUT2D eigenvalue weighted by Gasteiger charge is 2.33. The van der Waals surface area contributed by atoms with Gasteiger partial charge in [-0.15, -0.1) is 0 Å². The van der Waals surface area contributed by atoms with E-state index in [-0.39, 0.29) is 5.54 Å². The Hall–Kier alpha value is -1.03. The molecule has 17 heavy (non-hydrogen) atoms. The molecule has 0 radical (unpaired) electrons. The van der Waals surface area contributed by atoms with Crippen LogP contribution in [0.2, 0.25) is 0 Å². The normalized spacial score (nSPS) is 23.9. The van der Waals surface area contributed by atoms with Crippen LogP contribution in [0, 0.1) is 0 Å². The first-order chi connectivity index (χ1) is 7.78. The fourth-order valence-corrected chi connectivity index (χ4v) is 2.34. The van der Waals surface area contributed by atoms with Gasteiger partial charge in [0.05, 0.1) is 5.56 Å². The van der Waals surface area contributed by atoms with Crippen LogP contribution in [-0.2, 0) is 6.18 Å². The quantitative estimate of drug-likeness (QED) is 0.795. The SMILES string of the molecule is CC1(C)CC(c2ccc(C(F)(F)F)cc2)CN1. The molecular weight excluding hydrogens is 227 g/mol. The smallest absolute Gasteiger partial charge is 0.311 e. The molecule has 4 heteroatoms. The monoisotopic (exact) mass is 243 g/mol. The number of hydrogen-bond acceptors (Lipinski definition) is 1. The molecule has 1 atom stereocenters. The predicted molar refractivity (Wildman–Crippen MR) is 60.9 cm³/mol. The molecule has 1 aliphatic heterocycles. The molecule has 94 valence electrons. The molecule has 1 N–H and O–H groups in total. The van der Waals surface area contributed by atoms with Crippen LogP contribution in [0.5, 0.6) is 0 Å². The van der Waals surface area contributed by atoms with E-state index in [4.69, 9.17) is 0 Å². The fraction of sp³-hybridized carbons (Fsp3) is 0.538. The minimum atomic E-state index is -4.24. The summed E-state index contributed by atoms with van der Waals surface area (Å²) in [5, 5.41) is 3.37. The average molecular weight is 243 g/mol. The second-order valence-corrected chi connectivity index (χ2v) is 5.29. The van der Waals surface area contributed by atoms with Crippen molar-refractivity contribution in [1.29, 1.82) is 0 Å². The van der Waals surface area contributed by atoms with E-state index >= 15 is 0 Å². The molecule has 1 aromatic rings. The summed E-state index contributed by atoms with van der Waals surface area (Å²) in [6.45, 7) is 5.05. The Morgan fingerprint density at radius 3 is 2.18 bits per heavy atom. The minimum Gasteiger partial charge on any atom is -0.311 e. The Kier molecular flexibility index (Phi) is 2.94. The van der Waals surface area contributed by atoms with Crippen molar-refractivity contribution in [2.45, 2.75) is 37.9 Å². The number of hydrogen-bond donors (Lipinski definition) is 1. The van der Waals surface area contributed by atoms with Gasteiger partial charge in [-0.1, -0.05) is 12.1 Å². The van der Waals surface area contributed by atoms with Crippen molar-refractivity contribution in [3.8, 4) is 0 Å². The van der Waals surface area contributed by atoms with Gasteiger partial charge in [0.1, 0.15) is 0 Å². The van der Waals surface area contributed by atoms with Crippen LogP contribution in [-0.4, -0.2) is 12.1 Å². The van der Waals surface area contributed by atoms with Crippen molar-refractivity contribution in [3.05, 3.63) is 35.4 Å². The van der Waals surface area contributed by atoms with Crippen molar-refractivity contribution in [3.63, 3.8) is 0 Å². The van der Waals surface area contributed by atoms with Crippen molar-refractivity contribution in [2.24, 2.45) is 0 Å². The molecule has 1 nitrogen and oxygen atoms in total. The van der Waals surface area contributed by atoms with Crippen LogP contribution < -0.4 is 5.32 Å². The highest BCUT2D eigenvalue weighted by atomic mass is 19.4. The second kappa shape index (κ2) is 4.02. The van der Waals surface area contributed by atoms with Gasteiger partial charge in [0.25, 0.3) is 0 Å². The van der Waals surface area contributed by atoms with Crippen molar-refractivity contribution in [2.75, 3.05) is 6.54 Å². The predicted octanol–water partition coefficient (Wildman–Crippen LogP) is 3.56. The molecule has 1 heterocycles. The van der Waals surface area contributed by atoms with Crippen molar-refractivity contribution >= 4 is 0 Å². The summed E-state index contributed by atoms with van der Waals surface area (Å²) in [4.78, 5) is 0. The molecule has 1 saturated heterocycles. The minimum absolute atomic E-state index is 0.0768. The highest BCUT2D eigenvalue weighted by molar-refractivity contribution is 5.28. The van der Waals surface area contributed by atoms with E-state index in [0.29, 0.717) is 5.92 Å². The van der Waals surface area contributed by atoms with E-state index in [0.717, 1.165) is 18.5 Å². The maximum Gasteiger partial charge on any atom is 0.416 e. The summed E-state index contributed by atoms with van der Waals surface area (Å²) in [6.07, 6.45) is -3.29. The lowest BCUT2D eigenvalue weighted by Gasteiger charge is -2.17. The van der Waals surface area contributed by atoms with Gasteiger partial charge in [-0.05, 0) is 43.9 Å². The van der Waals surface area contributed by atoms with Crippen LogP contribution in [0.4, 0.5) is 13.2 Å². The van der Waals surface area contributed by atoms with Crippen LogP contribution in [0.3, 0.4) is 0 Å². The molecule has 0 amide bonds. The third-order valence-electron chi connectivity index (χ3n) is 3.29. The van der Waals surface area contributed by atoms with E-state index in [9.17, 15) is 13.2 Å². The van der Waals surface area contributed by atoms with Gasteiger partial charge in [0, 0.05) is 12.1 Å². The molecule has 1 aromatic carbocycles. The van der Waals surface area contributed by atoms with E-state index in [1.165, 1.54) is 12.1 Å². The van der Waals surface area contributed by atoms with Gasteiger partial charge >= 0.3 is 6.18 Å². The molecule has 1 aliphatic rings. The van der Waals surface area contributed by atoms with E-state index in [2.05, 4.69) is 19.2 Å². The largest absolute Gasteiger partial charge is 0.416 e. The molecule has 0 bridgehead atoms. The van der Waals surface area contributed by atoms with Gasteiger partial charge in [-0.3, -0.25) is 0 Å². The first-order valence-corrected chi connectivity index (χ1v) is 5.70. The Morgan fingerprint density at radius 2 is 1.76 bits per heavy atom. The fourth-order valence-electron chi connectivity index (χ4n) is 2.34. The molecule has 0 aromatic heterocycles. The highest BCUT2D eigenvalue weighted by Crippen LogP contribution is 2.34. The number of halogens is 3. The molecule has 0 spiro atoms. The third kappa shape index (κ3) is 2.80. The van der Waals surface area contributed by atoms with Gasteiger partial charge in [-0.2, -0.15) is 13.2 Å². The zero-order chi connectivity index (χ0) is 12.7. The first kappa shape index (κ1) is 12.4.